The molecule has 0 bridgehead atoms. The van der Waals surface area contributed by atoms with Crippen molar-refractivity contribution >= 4 is 15.9 Å². The lowest BCUT2D eigenvalue weighted by Crippen LogP contribution is -2.31. The Hall–Kier alpha value is -3.20. The number of hydrogen-bond donors (Lipinski definition) is 1. The summed E-state index contributed by atoms with van der Waals surface area (Å²) in [6.07, 6.45) is 0. The van der Waals surface area contributed by atoms with Crippen molar-refractivity contribution in [2.75, 3.05) is 20.2 Å². The molecule has 186 valence electrons. The molecule has 0 aliphatic rings. The molecule has 0 saturated heterocycles. The fourth-order valence-electron chi connectivity index (χ4n) is 3.73. The van der Waals surface area contributed by atoms with Crippen LogP contribution in [0.1, 0.15) is 40.9 Å². The first kappa shape index (κ1) is 26.4. The van der Waals surface area contributed by atoms with E-state index < -0.39 is 15.9 Å². The maximum Gasteiger partial charge on any atom is 0.255 e. The molecule has 1 amide bonds. The van der Waals surface area contributed by atoms with Gasteiger partial charge in [0.1, 0.15) is 5.75 Å². The van der Waals surface area contributed by atoms with Crippen molar-refractivity contribution < 1.29 is 22.7 Å². The highest BCUT2D eigenvalue weighted by Gasteiger charge is 2.24. The molecule has 3 aromatic carbocycles. The Morgan fingerprint density at radius 3 is 2.20 bits per heavy atom. The maximum atomic E-state index is 13.1. The van der Waals surface area contributed by atoms with Gasteiger partial charge in [0.25, 0.3) is 5.91 Å². The molecule has 0 atom stereocenters. The van der Waals surface area contributed by atoms with Crippen molar-refractivity contribution in [1.29, 1.82) is 0 Å². The third-order valence-electron chi connectivity index (χ3n) is 5.69. The predicted octanol–water partition coefficient (Wildman–Crippen LogP) is 4.37. The first-order valence-electron chi connectivity index (χ1n) is 11.6. The van der Waals surface area contributed by atoms with Gasteiger partial charge in [-0.25, -0.2) is 8.42 Å². The van der Waals surface area contributed by atoms with Gasteiger partial charge in [-0.1, -0.05) is 68.4 Å². The Balaban J connectivity index is 1.73. The number of nitrogens with zero attached hydrogens (tertiary/aromatic N) is 1. The average molecular weight is 497 g/mol. The van der Waals surface area contributed by atoms with Gasteiger partial charge >= 0.3 is 0 Å². The van der Waals surface area contributed by atoms with Crippen molar-refractivity contribution in [1.82, 2.24) is 9.62 Å². The van der Waals surface area contributed by atoms with Gasteiger partial charge in [-0.3, -0.25) is 4.79 Å². The summed E-state index contributed by atoms with van der Waals surface area (Å²) in [4.78, 5) is 13.1. The molecular formula is C27H32N2O5S. The lowest BCUT2D eigenvalue weighted by Gasteiger charge is -2.19. The summed E-state index contributed by atoms with van der Waals surface area (Å²) in [5.74, 6) is -0.112. The molecule has 1 N–H and O–H groups in total. The van der Waals surface area contributed by atoms with Crippen LogP contribution >= 0.6 is 0 Å². The summed E-state index contributed by atoms with van der Waals surface area (Å²) in [6.45, 7) is 5.40. The zero-order valence-corrected chi connectivity index (χ0v) is 21.2. The van der Waals surface area contributed by atoms with Crippen molar-refractivity contribution in [3.63, 3.8) is 0 Å². The Kier molecular flexibility index (Phi) is 9.42. The van der Waals surface area contributed by atoms with E-state index in [2.05, 4.69) is 5.32 Å². The number of carbonyl (C=O) groups excluding carboxylic acids is 1. The fraction of sp³-hybridized carbons (Fsp3) is 0.296. The second-order valence-electron chi connectivity index (χ2n) is 7.88. The Bertz CT molecular complexity index is 1230. The number of amides is 1. The second kappa shape index (κ2) is 12.5. The minimum atomic E-state index is -3.71. The van der Waals surface area contributed by atoms with Crippen LogP contribution in [0, 0.1) is 0 Å². The molecule has 0 fully saturated rings. The van der Waals surface area contributed by atoms with E-state index in [1.54, 1.807) is 13.8 Å². The maximum absolute atomic E-state index is 13.1. The number of methoxy groups -OCH3 is 1. The predicted molar refractivity (Wildman–Crippen MR) is 136 cm³/mol. The van der Waals surface area contributed by atoms with E-state index in [-0.39, 0.29) is 17.0 Å². The van der Waals surface area contributed by atoms with Gasteiger partial charge in [0, 0.05) is 19.6 Å². The Labute approximate surface area is 207 Å². The standard InChI is InChI=1S/C27H32N2O5S/c1-4-29(5-2)35(31,32)24-15-16-26(33-3)25(17-24)27(30)28-18-22-13-9-10-14-23(22)20-34-19-21-11-7-6-8-12-21/h6-17H,4-5,18-20H2,1-3H3,(H,28,30). The zero-order chi connectivity index (χ0) is 25.3. The SMILES string of the molecule is CCN(CC)S(=O)(=O)c1ccc(OC)c(C(=O)NCc2ccccc2COCc2ccccc2)c1. The van der Waals surface area contributed by atoms with Gasteiger partial charge in [0.2, 0.25) is 10.0 Å². The third kappa shape index (κ3) is 6.69. The van der Waals surface area contributed by atoms with Crippen LogP contribution in [0.5, 0.6) is 5.75 Å². The third-order valence-corrected chi connectivity index (χ3v) is 7.73. The highest BCUT2D eigenvalue weighted by molar-refractivity contribution is 7.89. The smallest absolute Gasteiger partial charge is 0.255 e. The molecule has 0 aliphatic carbocycles. The Morgan fingerprint density at radius 1 is 0.886 bits per heavy atom. The number of ether oxygens (including phenoxy) is 2. The molecule has 0 aromatic heterocycles. The fourth-order valence-corrected chi connectivity index (χ4v) is 5.22. The molecule has 35 heavy (non-hydrogen) atoms. The summed E-state index contributed by atoms with van der Waals surface area (Å²) in [7, 11) is -2.26. The van der Waals surface area contributed by atoms with Crippen LogP contribution < -0.4 is 10.1 Å². The molecule has 3 rings (SSSR count). The molecule has 0 radical (unpaired) electrons. The van der Waals surface area contributed by atoms with E-state index in [4.69, 9.17) is 9.47 Å². The molecule has 8 heteroatoms. The highest BCUT2D eigenvalue weighted by atomic mass is 32.2. The van der Waals surface area contributed by atoms with E-state index in [0.29, 0.717) is 32.1 Å². The average Bonchev–Trinajstić information content (AvgIpc) is 2.88. The summed E-state index contributed by atoms with van der Waals surface area (Å²) >= 11 is 0. The van der Waals surface area contributed by atoms with Crippen LogP contribution in [0.4, 0.5) is 0 Å². The molecular weight excluding hydrogens is 464 g/mol. The number of rotatable bonds is 12. The topological polar surface area (TPSA) is 84.9 Å². The summed E-state index contributed by atoms with van der Waals surface area (Å²) in [6, 6.07) is 22.0. The van der Waals surface area contributed by atoms with E-state index in [1.807, 2.05) is 54.6 Å². The number of sulfonamides is 1. The van der Waals surface area contributed by atoms with Gasteiger partial charge in [-0.2, -0.15) is 4.31 Å². The quantitative estimate of drug-likeness (QED) is 0.402. The van der Waals surface area contributed by atoms with Gasteiger partial charge in [-0.15, -0.1) is 0 Å². The van der Waals surface area contributed by atoms with E-state index in [1.165, 1.54) is 29.6 Å². The summed E-state index contributed by atoms with van der Waals surface area (Å²) in [5.41, 5.74) is 3.14. The molecule has 0 aliphatic heterocycles. The lowest BCUT2D eigenvalue weighted by atomic mass is 10.1. The Morgan fingerprint density at radius 2 is 1.54 bits per heavy atom. The van der Waals surface area contributed by atoms with Crippen LogP contribution in [0.2, 0.25) is 0 Å². The number of benzene rings is 3. The number of nitrogens with one attached hydrogen (secondary N) is 1. The molecule has 0 unspecified atom stereocenters. The first-order chi connectivity index (χ1) is 16.9. The lowest BCUT2D eigenvalue weighted by molar-refractivity contribution is 0.0944. The van der Waals surface area contributed by atoms with Crippen molar-refractivity contribution in [2.45, 2.75) is 38.5 Å². The van der Waals surface area contributed by atoms with E-state index in [0.717, 1.165) is 16.7 Å². The van der Waals surface area contributed by atoms with Crippen LogP contribution in [-0.2, 0) is 34.5 Å². The summed E-state index contributed by atoms with van der Waals surface area (Å²) in [5, 5.41) is 2.89. The number of hydrogen-bond acceptors (Lipinski definition) is 5. The van der Waals surface area contributed by atoms with Gasteiger partial charge in [-0.05, 0) is 34.9 Å². The highest BCUT2D eigenvalue weighted by Crippen LogP contribution is 2.25. The second-order valence-corrected chi connectivity index (χ2v) is 9.82. The molecule has 3 aromatic rings. The van der Waals surface area contributed by atoms with Crippen LogP contribution in [0.25, 0.3) is 0 Å². The van der Waals surface area contributed by atoms with Crippen LogP contribution in [0.3, 0.4) is 0 Å². The van der Waals surface area contributed by atoms with E-state index in [9.17, 15) is 13.2 Å². The van der Waals surface area contributed by atoms with Crippen molar-refractivity contribution in [3.05, 3.63) is 95.1 Å². The monoisotopic (exact) mass is 496 g/mol. The van der Waals surface area contributed by atoms with Gasteiger partial charge < -0.3 is 14.8 Å². The number of carbonyl (C=O) groups is 1. The molecule has 7 nitrogen and oxygen atoms in total. The molecule has 0 spiro atoms. The zero-order valence-electron chi connectivity index (χ0n) is 20.4. The van der Waals surface area contributed by atoms with Crippen LogP contribution in [0.15, 0.2) is 77.7 Å². The normalized spacial score (nSPS) is 11.4. The minimum absolute atomic E-state index is 0.0573. The van der Waals surface area contributed by atoms with Gasteiger partial charge in [0.05, 0.1) is 30.8 Å². The van der Waals surface area contributed by atoms with E-state index >= 15 is 0 Å². The summed E-state index contributed by atoms with van der Waals surface area (Å²) < 4.78 is 38.4. The van der Waals surface area contributed by atoms with Crippen molar-refractivity contribution in [2.24, 2.45) is 0 Å². The molecule has 0 heterocycles. The van der Waals surface area contributed by atoms with Crippen molar-refractivity contribution in [3.8, 4) is 5.75 Å². The van der Waals surface area contributed by atoms with Gasteiger partial charge in [0.15, 0.2) is 0 Å². The molecule has 0 saturated carbocycles. The first-order valence-corrected chi connectivity index (χ1v) is 13.0. The minimum Gasteiger partial charge on any atom is -0.496 e. The van der Waals surface area contributed by atoms with Crippen LogP contribution in [-0.4, -0.2) is 38.8 Å². The largest absolute Gasteiger partial charge is 0.496 e.